The Morgan fingerprint density at radius 1 is 1.23 bits per heavy atom. The molecule has 0 fully saturated rings. The third-order valence-corrected chi connectivity index (χ3v) is 3.84. The van der Waals surface area contributed by atoms with Crippen LogP contribution in [0.4, 0.5) is 0 Å². The van der Waals surface area contributed by atoms with Crippen molar-refractivity contribution in [2.24, 2.45) is 0 Å². The van der Waals surface area contributed by atoms with Gasteiger partial charge in [-0.05, 0) is 46.1 Å². The van der Waals surface area contributed by atoms with E-state index >= 15 is 0 Å². The van der Waals surface area contributed by atoms with Gasteiger partial charge in [0, 0.05) is 6.54 Å². The van der Waals surface area contributed by atoms with E-state index in [0.717, 1.165) is 21.3 Å². The van der Waals surface area contributed by atoms with Crippen LogP contribution in [-0.4, -0.2) is 17.1 Å². The third-order valence-electron chi connectivity index (χ3n) is 3.22. The van der Waals surface area contributed by atoms with Crippen molar-refractivity contribution >= 4 is 21.9 Å². The minimum absolute atomic E-state index is 0.491. The molecule has 0 aliphatic rings. The summed E-state index contributed by atoms with van der Waals surface area (Å²) in [7, 11) is 0. The zero-order chi connectivity index (χ0) is 15.9. The number of nitrogens with one attached hydrogen (secondary N) is 1. The Labute approximate surface area is 138 Å². The number of hydrogen-bond donors (Lipinski definition) is 2. The van der Waals surface area contributed by atoms with Gasteiger partial charge in [-0.2, -0.15) is 0 Å². The van der Waals surface area contributed by atoms with Gasteiger partial charge in [-0.25, -0.2) is 0 Å². The highest BCUT2D eigenvalue weighted by atomic mass is 79.9. The molecule has 2 aromatic rings. The van der Waals surface area contributed by atoms with E-state index in [9.17, 15) is 4.79 Å². The maximum Gasteiger partial charge on any atom is 0.320 e. The van der Waals surface area contributed by atoms with Gasteiger partial charge in [-0.15, -0.1) is 0 Å². The van der Waals surface area contributed by atoms with Gasteiger partial charge in [-0.1, -0.05) is 36.4 Å². The summed E-state index contributed by atoms with van der Waals surface area (Å²) < 4.78 is 6.63. The van der Waals surface area contributed by atoms with Crippen LogP contribution in [0.1, 0.15) is 18.1 Å². The zero-order valence-corrected chi connectivity index (χ0v) is 13.8. The predicted octanol–water partition coefficient (Wildman–Crippen LogP) is 3.59. The fraction of sp³-hybridized carbons (Fsp3) is 0.235. The van der Waals surface area contributed by atoms with Gasteiger partial charge in [0.2, 0.25) is 0 Å². The molecule has 0 amide bonds. The average molecular weight is 364 g/mol. The molecule has 0 saturated heterocycles. The lowest BCUT2D eigenvalue weighted by Gasteiger charge is -2.12. The van der Waals surface area contributed by atoms with Crippen LogP contribution in [0.5, 0.6) is 5.75 Å². The Bertz CT molecular complexity index is 631. The number of hydrogen-bond acceptors (Lipinski definition) is 3. The topological polar surface area (TPSA) is 58.6 Å². The van der Waals surface area contributed by atoms with Crippen molar-refractivity contribution < 1.29 is 14.6 Å². The molecule has 2 aromatic carbocycles. The first-order chi connectivity index (χ1) is 10.6. The van der Waals surface area contributed by atoms with Crippen molar-refractivity contribution in [3.05, 3.63) is 64.1 Å². The van der Waals surface area contributed by atoms with Gasteiger partial charge in [0.25, 0.3) is 0 Å². The van der Waals surface area contributed by atoms with E-state index in [4.69, 9.17) is 9.84 Å². The lowest BCUT2D eigenvalue weighted by molar-refractivity contribution is -0.139. The van der Waals surface area contributed by atoms with E-state index < -0.39 is 12.0 Å². The minimum Gasteiger partial charge on any atom is -0.488 e. The van der Waals surface area contributed by atoms with Gasteiger partial charge >= 0.3 is 5.97 Å². The van der Waals surface area contributed by atoms with E-state index in [0.29, 0.717) is 13.2 Å². The Balaban J connectivity index is 1.93. The molecule has 2 rings (SSSR count). The molecule has 0 spiro atoms. The molecule has 116 valence electrons. The Morgan fingerprint density at radius 3 is 2.59 bits per heavy atom. The van der Waals surface area contributed by atoms with Crippen LogP contribution in [0, 0.1) is 0 Å². The smallest absolute Gasteiger partial charge is 0.320 e. The van der Waals surface area contributed by atoms with Crippen LogP contribution < -0.4 is 10.1 Å². The SMILES string of the molecule is CC(NCc1ccc(OCc2ccccc2)c(Br)c1)C(=O)O. The van der Waals surface area contributed by atoms with Crippen LogP contribution in [0.3, 0.4) is 0 Å². The van der Waals surface area contributed by atoms with Crippen LogP contribution >= 0.6 is 15.9 Å². The molecule has 0 saturated carbocycles. The number of aliphatic carboxylic acids is 1. The fourth-order valence-electron chi connectivity index (χ4n) is 1.86. The summed E-state index contributed by atoms with van der Waals surface area (Å²) >= 11 is 3.49. The summed E-state index contributed by atoms with van der Waals surface area (Å²) in [5.41, 5.74) is 2.10. The van der Waals surface area contributed by atoms with Crippen LogP contribution in [-0.2, 0) is 17.9 Å². The molecule has 0 bridgehead atoms. The van der Waals surface area contributed by atoms with Crippen molar-refractivity contribution in [3.63, 3.8) is 0 Å². The molecule has 1 atom stereocenters. The number of carboxylic acid groups (broad SMARTS) is 1. The third kappa shape index (κ3) is 4.86. The predicted molar refractivity (Wildman–Crippen MR) is 88.9 cm³/mol. The van der Waals surface area contributed by atoms with Gasteiger partial charge in [0.05, 0.1) is 4.47 Å². The number of carboxylic acids is 1. The van der Waals surface area contributed by atoms with Gasteiger partial charge in [0.15, 0.2) is 0 Å². The lowest BCUT2D eigenvalue weighted by atomic mass is 10.2. The number of rotatable bonds is 7. The molecule has 0 aliphatic carbocycles. The maximum atomic E-state index is 10.8. The zero-order valence-electron chi connectivity index (χ0n) is 12.3. The molecule has 22 heavy (non-hydrogen) atoms. The second kappa shape index (κ2) is 7.96. The van der Waals surface area contributed by atoms with Crippen molar-refractivity contribution in [2.75, 3.05) is 0 Å². The quantitative estimate of drug-likeness (QED) is 0.788. The summed E-state index contributed by atoms with van der Waals surface area (Å²) in [4.78, 5) is 10.8. The van der Waals surface area contributed by atoms with Crippen molar-refractivity contribution in [1.29, 1.82) is 0 Å². The Kier molecular flexibility index (Phi) is 5.98. The van der Waals surface area contributed by atoms with E-state index in [1.54, 1.807) is 6.92 Å². The molecule has 0 radical (unpaired) electrons. The first-order valence-corrected chi connectivity index (χ1v) is 7.77. The molecule has 0 heterocycles. The minimum atomic E-state index is -0.859. The van der Waals surface area contributed by atoms with Gasteiger partial charge in [0.1, 0.15) is 18.4 Å². The normalized spacial score (nSPS) is 11.9. The summed E-state index contributed by atoms with van der Waals surface area (Å²) in [5.74, 6) is -0.0965. The fourth-order valence-corrected chi connectivity index (χ4v) is 2.41. The first-order valence-electron chi connectivity index (χ1n) is 6.97. The molecule has 2 N–H and O–H groups in total. The number of carbonyl (C=O) groups is 1. The molecule has 1 unspecified atom stereocenters. The highest BCUT2D eigenvalue weighted by molar-refractivity contribution is 9.10. The molecule has 4 nitrogen and oxygen atoms in total. The lowest BCUT2D eigenvalue weighted by Crippen LogP contribution is -2.33. The number of ether oxygens (including phenoxy) is 1. The highest BCUT2D eigenvalue weighted by Gasteiger charge is 2.10. The largest absolute Gasteiger partial charge is 0.488 e. The first kappa shape index (κ1) is 16.5. The van der Waals surface area contributed by atoms with E-state index in [-0.39, 0.29) is 0 Å². The van der Waals surface area contributed by atoms with Crippen molar-refractivity contribution in [2.45, 2.75) is 26.1 Å². The van der Waals surface area contributed by atoms with Crippen LogP contribution in [0.25, 0.3) is 0 Å². The summed E-state index contributed by atoms with van der Waals surface area (Å²) in [5, 5.41) is 11.8. The molecule has 0 aliphatic heterocycles. The van der Waals surface area contributed by atoms with Gasteiger partial charge in [-0.3, -0.25) is 4.79 Å². The second-order valence-corrected chi connectivity index (χ2v) is 5.83. The summed E-state index contributed by atoms with van der Waals surface area (Å²) in [6.07, 6.45) is 0. The second-order valence-electron chi connectivity index (χ2n) is 4.98. The standard InChI is InChI=1S/C17H18BrNO3/c1-12(17(20)21)19-10-14-7-8-16(15(18)9-14)22-11-13-5-3-2-4-6-13/h2-9,12,19H,10-11H2,1H3,(H,20,21). The van der Waals surface area contributed by atoms with E-state index in [1.165, 1.54) is 0 Å². The molecular weight excluding hydrogens is 346 g/mol. The number of halogens is 1. The van der Waals surface area contributed by atoms with E-state index in [2.05, 4.69) is 21.2 Å². The summed E-state index contributed by atoms with van der Waals surface area (Å²) in [6, 6.07) is 15.1. The van der Waals surface area contributed by atoms with Crippen molar-refractivity contribution in [1.82, 2.24) is 5.32 Å². The number of benzene rings is 2. The van der Waals surface area contributed by atoms with Gasteiger partial charge < -0.3 is 15.2 Å². The summed E-state index contributed by atoms with van der Waals surface area (Å²) in [6.45, 7) is 2.62. The molecule has 0 aromatic heterocycles. The van der Waals surface area contributed by atoms with Crippen LogP contribution in [0.2, 0.25) is 0 Å². The van der Waals surface area contributed by atoms with Crippen LogP contribution in [0.15, 0.2) is 53.0 Å². The molecular formula is C17H18BrNO3. The van der Waals surface area contributed by atoms with Crippen molar-refractivity contribution in [3.8, 4) is 5.75 Å². The van der Waals surface area contributed by atoms with E-state index in [1.807, 2.05) is 48.5 Å². The average Bonchev–Trinajstić information content (AvgIpc) is 2.52. The maximum absolute atomic E-state index is 10.8. The Morgan fingerprint density at radius 2 is 1.95 bits per heavy atom. The highest BCUT2D eigenvalue weighted by Crippen LogP contribution is 2.26. The monoisotopic (exact) mass is 363 g/mol. The Hall–Kier alpha value is -1.85. The molecule has 5 heteroatoms.